The van der Waals surface area contributed by atoms with E-state index in [-0.39, 0.29) is 12.2 Å². The zero-order valence-corrected chi connectivity index (χ0v) is 12.5. The van der Waals surface area contributed by atoms with Crippen LogP contribution in [0, 0.1) is 15.5 Å². The second-order valence-electron chi connectivity index (χ2n) is 5.40. The third-order valence-electron chi connectivity index (χ3n) is 4.01. The second-order valence-corrected chi connectivity index (χ2v) is 5.83. The molecule has 1 N–H and O–H groups in total. The number of hydrogen-bond donors (Lipinski definition) is 1. The topological polar surface area (TPSA) is 83.7 Å². The van der Waals surface area contributed by atoms with E-state index in [0.717, 1.165) is 6.42 Å². The van der Waals surface area contributed by atoms with E-state index in [1.54, 1.807) is 4.90 Å². The van der Waals surface area contributed by atoms with Gasteiger partial charge in [0.2, 0.25) is 0 Å². The van der Waals surface area contributed by atoms with Crippen molar-refractivity contribution in [2.75, 3.05) is 18.0 Å². The number of nitro groups is 1. The Bertz CT molecular complexity index is 578. The molecule has 1 aromatic carbocycles. The molecule has 1 heterocycles. The van der Waals surface area contributed by atoms with Gasteiger partial charge < -0.3 is 10.0 Å². The first-order valence-electron chi connectivity index (χ1n) is 6.82. The summed E-state index contributed by atoms with van der Waals surface area (Å²) >= 11 is 5.93. The lowest BCUT2D eigenvalue weighted by Gasteiger charge is -2.25. The van der Waals surface area contributed by atoms with Gasteiger partial charge in [-0.2, -0.15) is 0 Å². The van der Waals surface area contributed by atoms with Crippen LogP contribution in [0.2, 0.25) is 5.02 Å². The number of hydrogen-bond acceptors (Lipinski definition) is 4. The standard InChI is InChI=1S/C14H17ClN2O4/c1-2-5-14(13(18)19)6-7-16(9-14)12-8-10(15)3-4-11(12)17(20)21/h3-4,8H,2,5-7,9H2,1H3,(H,18,19). The molecule has 0 amide bonds. The number of anilines is 1. The predicted molar refractivity (Wildman–Crippen MR) is 79.9 cm³/mol. The van der Waals surface area contributed by atoms with Crippen molar-refractivity contribution in [3.8, 4) is 0 Å². The summed E-state index contributed by atoms with van der Waals surface area (Å²) in [6, 6.07) is 4.36. The number of nitro benzene ring substituents is 1. The highest BCUT2D eigenvalue weighted by Gasteiger charge is 2.45. The number of nitrogens with zero attached hydrogens (tertiary/aromatic N) is 2. The maximum atomic E-state index is 11.6. The summed E-state index contributed by atoms with van der Waals surface area (Å²) in [6.07, 6.45) is 1.81. The van der Waals surface area contributed by atoms with E-state index in [0.29, 0.717) is 30.1 Å². The molecule has 0 bridgehead atoms. The first-order valence-corrected chi connectivity index (χ1v) is 7.20. The molecule has 0 aliphatic carbocycles. The smallest absolute Gasteiger partial charge is 0.311 e. The summed E-state index contributed by atoms with van der Waals surface area (Å²) in [5, 5.41) is 21.0. The van der Waals surface area contributed by atoms with Crippen molar-refractivity contribution >= 4 is 28.9 Å². The number of aliphatic carboxylic acids is 1. The van der Waals surface area contributed by atoms with Gasteiger partial charge in [-0.05, 0) is 25.0 Å². The van der Waals surface area contributed by atoms with Crippen LogP contribution in [0.3, 0.4) is 0 Å². The van der Waals surface area contributed by atoms with Crippen LogP contribution >= 0.6 is 11.6 Å². The van der Waals surface area contributed by atoms with Crippen molar-refractivity contribution in [1.82, 2.24) is 0 Å². The average molecular weight is 313 g/mol. The van der Waals surface area contributed by atoms with E-state index >= 15 is 0 Å². The highest BCUT2D eigenvalue weighted by molar-refractivity contribution is 6.31. The highest BCUT2D eigenvalue weighted by atomic mass is 35.5. The van der Waals surface area contributed by atoms with E-state index in [9.17, 15) is 20.0 Å². The fraction of sp³-hybridized carbons (Fsp3) is 0.500. The molecule has 1 aliphatic rings. The highest BCUT2D eigenvalue weighted by Crippen LogP contribution is 2.41. The summed E-state index contributed by atoms with van der Waals surface area (Å²) < 4.78 is 0. The summed E-state index contributed by atoms with van der Waals surface area (Å²) in [6.45, 7) is 2.69. The van der Waals surface area contributed by atoms with Crippen molar-refractivity contribution in [1.29, 1.82) is 0 Å². The molecule has 114 valence electrons. The molecule has 0 spiro atoms. The van der Waals surface area contributed by atoms with Gasteiger partial charge in [0.15, 0.2) is 0 Å². The lowest BCUT2D eigenvalue weighted by Crippen LogP contribution is -2.34. The van der Waals surface area contributed by atoms with E-state index < -0.39 is 16.3 Å². The molecule has 6 nitrogen and oxygen atoms in total. The van der Waals surface area contributed by atoms with Gasteiger partial charge in [0, 0.05) is 24.2 Å². The molecule has 7 heteroatoms. The zero-order valence-electron chi connectivity index (χ0n) is 11.7. The van der Waals surface area contributed by atoms with Crippen molar-refractivity contribution < 1.29 is 14.8 Å². The Morgan fingerprint density at radius 1 is 1.57 bits per heavy atom. The summed E-state index contributed by atoms with van der Waals surface area (Å²) in [4.78, 5) is 24.0. The van der Waals surface area contributed by atoms with Crippen LogP contribution in [-0.2, 0) is 4.79 Å². The van der Waals surface area contributed by atoms with Crippen molar-refractivity contribution in [3.63, 3.8) is 0 Å². The molecule has 1 unspecified atom stereocenters. The molecule has 2 rings (SSSR count). The lowest BCUT2D eigenvalue weighted by molar-refractivity contribution is -0.384. The van der Waals surface area contributed by atoms with Gasteiger partial charge in [0.05, 0.1) is 10.3 Å². The van der Waals surface area contributed by atoms with Gasteiger partial charge in [-0.1, -0.05) is 24.9 Å². The Morgan fingerprint density at radius 2 is 2.29 bits per heavy atom. The number of rotatable bonds is 5. The van der Waals surface area contributed by atoms with Crippen molar-refractivity contribution in [2.24, 2.45) is 5.41 Å². The molecule has 1 aromatic rings. The van der Waals surface area contributed by atoms with Gasteiger partial charge in [0.25, 0.3) is 5.69 Å². The van der Waals surface area contributed by atoms with Gasteiger partial charge in [-0.3, -0.25) is 14.9 Å². The Kier molecular flexibility index (Phi) is 4.37. The molecule has 1 atom stereocenters. The minimum absolute atomic E-state index is 0.0444. The Hall–Kier alpha value is -1.82. The molecule has 1 saturated heterocycles. The number of halogens is 1. The van der Waals surface area contributed by atoms with Crippen LogP contribution < -0.4 is 4.90 Å². The Labute approximate surface area is 127 Å². The zero-order chi connectivity index (χ0) is 15.6. The number of carbonyl (C=O) groups is 1. The van der Waals surface area contributed by atoms with Crippen molar-refractivity contribution in [3.05, 3.63) is 33.3 Å². The summed E-state index contributed by atoms with van der Waals surface area (Å²) in [5.74, 6) is -0.837. The molecule has 0 aromatic heterocycles. The SMILES string of the molecule is CCCC1(C(=O)O)CCN(c2cc(Cl)ccc2[N+](=O)[O-])C1. The first-order chi connectivity index (χ1) is 9.89. The van der Waals surface area contributed by atoms with Gasteiger partial charge >= 0.3 is 5.97 Å². The van der Waals surface area contributed by atoms with E-state index in [1.807, 2.05) is 6.92 Å². The third-order valence-corrected chi connectivity index (χ3v) is 4.25. The Morgan fingerprint density at radius 3 is 2.86 bits per heavy atom. The van der Waals surface area contributed by atoms with E-state index in [1.165, 1.54) is 18.2 Å². The van der Waals surface area contributed by atoms with Crippen LogP contribution in [-0.4, -0.2) is 29.1 Å². The van der Waals surface area contributed by atoms with Crippen LogP contribution in [0.15, 0.2) is 18.2 Å². The summed E-state index contributed by atoms with van der Waals surface area (Å²) in [7, 11) is 0. The number of carboxylic acids is 1. The number of benzene rings is 1. The summed E-state index contributed by atoms with van der Waals surface area (Å²) in [5.41, 5.74) is -0.478. The third kappa shape index (κ3) is 2.95. The van der Waals surface area contributed by atoms with Crippen LogP contribution in [0.5, 0.6) is 0 Å². The van der Waals surface area contributed by atoms with E-state index in [2.05, 4.69) is 0 Å². The monoisotopic (exact) mass is 312 g/mol. The minimum atomic E-state index is -0.837. The fourth-order valence-corrected chi connectivity index (χ4v) is 3.11. The van der Waals surface area contributed by atoms with Gasteiger partial charge in [-0.25, -0.2) is 0 Å². The van der Waals surface area contributed by atoms with E-state index in [4.69, 9.17) is 11.6 Å². The Balaban J connectivity index is 2.35. The molecular weight excluding hydrogens is 296 g/mol. The maximum absolute atomic E-state index is 11.6. The molecule has 1 fully saturated rings. The molecular formula is C14H17ClN2O4. The van der Waals surface area contributed by atoms with Crippen molar-refractivity contribution in [2.45, 2.75) is 26.2 Å². The van der Waals surface area contributed by atoms with Crippen LogP contribution in [0.4, 0.5) is 11.4 Å². The molecule has 1 aliphatic heterocycles. The predicted octanol–water partition coefficient (Wildman–Crippen LogP) is 3.33. The lowest BCUT2D eigenvalue weighted by atomic mass is 9.83. The second kappa shape index (κ2) is 5.89. The first kappa shape index (κ1) is 15.6. The normalized spacial score (nSPS) is 21.5. The van der Waals surface area contributed by atoms with Gasteiger partial charge in [-0.15, -0.1) is 0 Å². The fourth-order valence-electron chi connectivity index (χ4n) is 2.95. The average Bonchev–Trinajstić information content (AvgIpc) is 2.84. The molecule has 0 saturated carbocycles. The van der Waals surface area contributed by atoms with Crippen LogP contribution in [0.25, 0.3) is 0 Å². The maximum Gasteiger partial charge on any atom is 0.311 e. The minimum Gasteiger partial charge on any atom is -0.481 e. The molecule has 0 radical (unpaired) electrons. The van der Waals surface area contributed by atoms with Gasteiger partial charge in [0.1, 0.15) is 5.69 Å². The number of carboxylic acid groups (broad SMARTS) is 1. The largest absolute Gasteiger partial charge is 0.481 e. The van der Waals surface area contributed by atoms with Crippen LogP contribution in [0.1, 0.15) is 26.2 Å². The quantitative estimate of drug-likeness (QED) is 0.666. The molecule has 21 heavy (non-hydrogen) atoms.